The van der Waals surface area contributed by atoms with Gasteiger partial charge in [-0.3, -0.25) is 4.79 Å². The number of amides is 1. The van der Waals surface area contributed by atoms with Crippen LogP contribution in [0.3, 0.4) is 0 Å². The van der Waals surface area contributed by atoms with Crippen LogP contribution < -0.4 is 10.6 Å². The molecule has 1 amide bonds. The van der Waals surface area contributed by atoms with Gasteiger partial charge in [-0.25, -0.2) is 0 Å². The van der Waals surface area contributed by atoms with Crippen molar-refractivity contribution in [1.29, 1.82) is 0 Å². The molecule has 2 saturated carbocycles. The Hall–Kier alpha value is -0.320. The molecule has 3 rings (SSSR count). The van der Waals surface area contributed by atoms with Crippen molar-refractivity contribution in [2.45, 2.75) is 38.2 Å². The normalized spacial score (nSPS) is 40.2. The number of hydrogen-bond donors (Lipinski definition) is 3. The van der Waals surface area contributed by atoms with E-state index >= 15 is 0 Å². The molecule has 3 aliphatic rings. The fraction of sp³-hybridized carbons (Fsp3) is 0.929. The molecule has 5 heteroatoms. The first-order valence-electron chi connectivity index (χ1n) is 7.38. The lowest BCUT2D eigenvalue weighted by Crippen LogP contribution is -2.35. The summed E-state index contributed by atoms with van der Waals surface area (Å²) in [7, 11) is 0. The van der Waals surface area contributed by atoms with Crippen molar-refractivity contribution >= 4 is 18.3 Å². The molecule has 5 unspecified atom stereocenters. The van der Waals surface area contributed by atoms with Gasteiger partial charge in [-0.2, -0.15) is 0 Å². The van der Waals surface area contributed by atoms with Crippen LogP contribution in [0.25, 0.3) is 0 Å². The molecule has 2 aliphatic carbocycles. The Morgan fingerprint density at radius 1 is 1.21 bits per heavy atom. The van der Waals surface area contributed by atoms with Crippen LogP contribution >= 0.6 is 12.4 Å². The maximum Gasteiger partial charge on any atom is 0.220 e. The molecule has 2 bridgehead atoms. The lowest BCUT2D eigenvalue weighted by atomic mass is 9.86. The predicted molar refractivity (Wildman–Crippen MR) is 76.2 cm³/mol. The SMILES string of the molecule is Cl.O=C(CC1CC2CCC1C2)NCC1CNCC1O. The molecule has 0 aromatic rings. The maximum absolute atomic E-state index is 11.9. The first-order valence-corrected chi connectivity index (χ1v) is 7.38. The zero-order valence-electron chi connectivity index (χ0n) is 11.3. The molecule has 0 aromatic heterocycles. The molecule has 0 spiro atoms. The topological polar surface area (TPSA) is 61.4 Å². The van der Waals surface area contributed by atoms with Gasteiger partial charge in [0.05, 0.1) is 6.10 Å². The lowest BCUT2D eigenvalue weighted by Gasteiger charge is -2.21. The minimum atomic E-state index is -0.298. The second-order valence-electron chi connectivity index (χ2n) is 6.43. The summed E-state index contributed by atoms with van der Waals surface area (Å²) in [6, 6.07) is 0. The fourth-order valence-corrected chi connectivity index (χ4v) is 4.11. The largest absolute Gasteiger partial charge is 0.391 e. The Labute approximate surface area is 121 Å². The van der Waals surface area contributed by atoms with Gasteiger partial charge in [0.25, 0.3) is 0 Å². The highest BCUT2D eigenvalue weighted by Crippen LogP contribution is 2.49. The number of β-amino-alcohol motifs (C(OH)–C–C–N with tert-alkyl or cyclic N) is 1. The Kier molecular flexibility index (Phi) is 5.09. The standard InChI is InChI=1S/C14H24N2O2.ClH/c17-13-8-15-6-12(13)7-16-14(18)5-11-4-9-1-2-10(11)3-9;/h9-13,15,17H,1-8H2,(H,16,18);1H. The Morgan fingerprint density at radius 3 is 2.63 bits per heavy atom. The quantitative estimate of drug-likeness (QED) is 0.721. The highest BCUT2D eigenvalue weighted by molar-refractivity contribution is 5.85. The Morgan fingerprint density at radius 2 is 2.05 bits per heavy atom. The minimum Gasteiger partial charge on any atom is -0.391 e. The smallest absolute Gasteiger partial charge is 0.220 e. The van der Waals surface area contributed by atoms with Gasteiger partial charge >= 0.3 is 0 Å². The molecule has 19 heavy (non-hydrogen) atoms. The predicted octanol–water partition coefficient (Wildman–Crippen LogP) is 0.931. The number of carbonyl (C=O) groups is 1. The number of nitrogens with one attached hydrogen (secondary N) is 2. The molecule has 1 saturated heterocycles. The summed E-state index contributed by atoms with van der Waals surface area (Å²) >= 11 is 0. The van der Waals surface area contributed by atoms with Gasteiger partial charge in [0.2, 0.25) is 5.91 Å². The molecule has 4 nitrogen and oxygen atoms in total. The zero-order valence-corrected chi connectivity index (χ0v) is 12.1. The number of carbonyl (C=O) groups excluding carboxylic acids is 1. The Balaban J connectivity index is 0.00000133. The van der Waals surface area contributed by atoms with E-state index in [-0.39, 0.29) is 30.3 Å². The van der Waals surface area contributed by atoms with E-state index in [1.807, 2.05) is 0 Å². The number of hydrogen-bond acceptors (Lipinski definition) is 3. The van der Waals surface area contributed by atoms with Gasteiger partial charge in [0.15, 0.2) is 0 Å². The van der Waals surface area contributed by atoms with E-state index in [1.54, 1.807) is 0 Å². The maximum atomic E-state index is 11.9. The van der Waals surface area contributed by atoms with Crippen LogP contribution in [0.1, 0.15) is 32.1 Å². The number of fused-ring (bicyclic) bond motifs is 2. The van der Waals surface area contributed by atoms with Crippen LogP contribution in [0.2, 0.25) is 0 Å². The second-order valence-corrected chi connectivity index (χ2v) is 6.43. The minimum absolute atomic E-state index is 0. The molecule has 1 aliphatic heterocycles. The van der Waals surface area contributed by atoms with E-state index < -0.39 is 0 Å². The van der Waals surface area contributed by atoms with E-state index in [2.05, 4.69) is 10.6 Å². The molecule has 0 aromatic carbocycles. The summed E-state index contributed by atoms with van der Waals surface area (Å²) in [4.78, 5) is 11.9. The monoisotopic (exact) mass is 288 g/mol. The molecule has 0 radical (unpaired) electrons. The summed E-state index contributed by atoms with van der Waals surface area (Å²) in [6.45, 7) is 2.09. The van der Waals surface area contributed by atoms with Crippen molar-refractivity contribution in [2.24, 2.45) is 23.7 Å². The van der Waals surface area contributed by atoms with Crippen LogP contribution in [-0.4, -0.2) is 36.8 Å². The van der Waals surface area contributed by atoms with Crippen LogP contribution in [0.4, 0.5) is 0 Å². The summed E-state index contributed by atoms with van der Waals surface area (Å²) < 4.78 is 0. The van der Waals surface area contributed by atoms with E-state index in [1.165, 1.54) is 25.7 Å². The number of aliphatic hydroxyl groups excluding tert-OH is 1. The van der Waals surface area contributed by atoms with E-state index in [9.17, 15) is 9.90 Å². The first kappa shape index (κ1) is 15.1. The van der Waals surface area contributed by atoms with E-state index in [0.717, 1.165) is 18.4 Å². The van der Waals surface area contributed by atoms with Crippen molar-refractivity contribution in [2.75, 3.05) is 19.6 Å². The Bertz CT molecular complexity index is 327. The molecule has 3 fully saturated rings. The zero-order chi connectivity index (χ0) is 12.5. The summed E-state index contributed by atoms with van der Waals surface area (Å²) in [5.74, 6) is 2.74. The van der Waals surface area contributed by atoms with Gasteiger partial charge in [0.1, 0.15) is 0 Å². The van der Waals surface area contributed by atoms with Crippen LogP contribution in [0.5, 0.6) is 0 Å². The summed E-state index contributed by atoms with van der Waals surface area (Å²) in [6.07, 6.45) is 5.77. The van der Waals surface area contributed by atoms with Crippen LogP contribution in [-0.2, 0) is 4.79 Å². The number of rotatable bonds is 4. The third-order valence-electron chi connectivity index (χ3n) is 5.20. The van der Waals surface area contributed by atoms with Crippen molar-refractivity contribution in [3.05, 3.63) is 0 Å². The van der Waals surface area contributed by atoms with Crippen LogP contribution in [0, 0.1) is 23.7 Å². The van der Waals surface area contributed by atoms with Crippen molar-refractivity contribution < 1.29 is 9.90 Å². The van der Waals surface area contributed by atoms with Gasteiger partial charge in [0, 0.05) is 32.0 Å². The second kappa shape index (κ2) is 6.42. The van der Waals surface area contributed by atoms with Gasteiger partial charge in [-0.1, -0.05) is 6.42 Å². The van der Waals surface area contributed by atoms with Crippen molar-refractivity contribution in [3.63, 3.8) is 0 Å². The first-order chi connectivity index (χ1) is 8.72. The molecule has 5 atom stereocenters. The van der Waals surface area contributed by atoms with Crippen LogP contribution in [0.15, 0.2) is 0 Å². The molecular weight excluding hydrogens is 264 g/mol. The third kappa shape index (κ3) is 3.41. The third-order valence-corrected chi connectivity index (χ3v) is 5.20. The van der Waals surface area contributed by atoms with Crippen molar-refractivity contribution in [3.8, 4) is 0 Å². The highest BCUT2D eigenvalue weighted by atomic mass is 35.5. The number of aliphatic hydroxyl groups is 1. The lowest BCUT2D eigenvalue weighted by molar-refractivity contribution is -0.122. The molecule has 1 heterocycles. The molecule has 3 N–H and O–H groups in total. The van der Waals surface area contributed by atoms with Crippen molar-refractivity contribution in [1.82, 2.24) is 10.6 Å². The molecule has 110 valence electrons. The highest BCUT2D eigenvalue weighted by Gasteiger charge is 2.40. The number of halogens is 1. The summed E-state index contributed by atoms with van der Waals surface area (Å²) in [5, 5.41) is 15.8. The molecular formula is C14H25ClN2O2. The fourth-order valence-electron chi connectivity index (χ4n) is 4.11. The van der Waals surface area contributed by atoms with Gasteiger partial charge in [-0.15, -0.1) is 12.4 Å². The van der Waals surface area contributed by atoms with Gasteiger partial charge < -0.3 is 15.7 Å². The van der Waals surface area contributed by atoms with E-state index in [4.69, 9.17) is 0 Å². The van der Waals surface area contributed by atoms with E-state index in [0.29, 0.717) is 25.4 Å². The average Bonchev–Trinajstić information content (AvgIpc) is 3.03. The van der Waals surface area contributed by atoms with Gasteiger partial charge in [-0.05, 0) is 37.0 Å². The summed E-state index contributed by atoms with van der Waals surface area (Å²) in [5.41, 5.74) is 0. The average molecular weight is 289 g/mol.